The van der Waals surface area contributed by atoms with Crippen LogP contribution < -0.4 is 0 Å². The molecule has 0 nitrogen and oxygen atoms in total. The lowest BCUT2D eigenvalue weighted by Gasteiger charge is -2.35. The second-order valence-electron chi connectivity index (χ2n) is 9.45. The Morgan fingerprint density at radius 2 is 1.04 bits per heavy atom. The fourth-order valence-corrected chi connectivity index (χ4v) is 9.33. The summed E-state index contributed by atoms with van der Waals surface area (Å²) in [6, 6.07) is 0. The Kier molecular flexibility index (Phi) is 10.4. The average molecular weight is 388 g/mol. The topological polar surface area (TPSA) is 0 Å². The summed E-state index contributed by atoms with van der Waals surface area (Å²) in [6.07, 6.45) is 22.6. The van der Waals surface area contributed by atoms with Gasteiger partial charge in [0.15, 0.2) is 13.1 Å². The van der Waals surface area contributed by atoms with Gasteiger partial charge in [0.05, 0.1) is 14.9 Å². The van der Waals surface area contributed by atoms with Gasteiger partial charge in [-0.3, -0.25) is 0 Å². The number of hydrogen-bond acceptors (Lipinski definition) is 2. The lowest BCUT2D eigenvalue weighted by atomic mass is 9.45. The van der Waals surface area contributed by atoms with Crippen LogP contribution in [0.5, 0.6) is 0 Å². The molecule has 0 aromatic heterocycles. The van der Waals surface area contributed by atoms with Crippen LogP contribution in [0, 0.1) is 0 Å². The first kappa shape index (κ1) is 21.7. The van der Waals surface area contributed by atoms with Crippen LogP contribution in [0.15, 0.2) is 0 Å². The van der Waals surface area contributed by atoms with E-state index in [9.17, 15) is 0 Å². The van der Waals surface area contributed by atoms with Gasteiger partial charge in [-0.15, -0.1) is 0 Å². The monoisotopic (exact) mass is 388 g/mol. The van der Waals surface area contributed by atoms with Crippen molar-refractivity contribution in [2.24, 2.45) is 0 Å². The maximum Gasteiger partial charge on any atom is 0.194 e. The van der Waals surface area contributed by atoms with Crippen LogP contribution in [0.4, 0.5) is 0 Å². The average Bonchev–Trinajstić information content (AvgIpc) is 2.69. The molecule has 1 heterocycles. The molecule has 4 unspecified atom stereocenters. The maximum atomic E-state index is 2.42. The Morgan fingerprint density at radius 1 is 0.577 bits per heavy atom. The lowest BCUT2D eigenvalue weighted by molar-refractivity contribution is 0.586. The minimum absolute atomic E-state index is 0.968. The summed E-state index contributed by atoms with van der Waals surface area (Å²) in [7, 11) is 3.84. The van der Waals surface area contributed by atoms with Crippen molar-refractivity contribution in [3.63, 3.8) is 0 Å². The summed E-state index contributed by atoms with van der Waals surface area (Å²) in [5.74, 6) is 3.09. The highest BCUT2D eigenvalue weighted by Crippen LogP contribution is 2.46. The van der Waals surface area contributed by atoms with Gasteiger partial charge in [0.1, 0.15) is 0 Å². The van der Waals surface area contributed by atoms with Gasteiger partial charge in [-0.1, -0.05) is 101 Å². The lowest BCUT2D eigenvalue weighted by Crippen LogP contribution is -2.28. The van der Waals surface area contributed by atoms with E-state index in [4.69, 9.17) is 0 Å². The molecule has 6 heteroatoms. The van der Waals surface area contributed by atoms with Gasteiger partial charge in [-0.2, -0.15) is 0 Å². The third kappa shape index (κ3) is 7.09. The van der Waals surface area contributed by atoms with Crippen LogP contribution in [0.3, 0.4) is 0 Å². The van der Waals surface area contributed by atoms with E-state index in [1.807, 2.05) is 0 Å². The molecule has 0 N–H and O–H groups in total. The molecule has 1 aliphatic heterocycles. The molecule has 0 bridgehead atoms. The predicted molar refractivity (Wildman–Crippen MR) is 133 cm³/mol. The van der Waals surface area contributed by atoms with Crippen molar-refractivity contribution in [2.75, 3.05) is 0 Å². The van der Waals surface area contributed by atoms with E-state index in [-0.39, 0.29) is 0 Å². The number of rotatable bonds is 1. The van der Waals surface area contributed by atoms with Crippen molar-refractivity contribution >= 4 is 51.2 Å². The third-order valence-electron chi connectivity index (χ3n) is 7.56. The first-order valence-corrected chi connectivity index (χ1v) is 14.2. The van der Waals surface area contributed by atoms with Crippen LogP contribution in [0.1, 0.15) is 96.3 Å². The Hall–Kier alpha value is 0.960. The van der Waals surface area contributed by atoms with Gasteiger partial charge >= 0.3 is 0 Å². The van der Waals surface area contributed by atoms with Crippen molar-refractivity contribution in [2.45, 2.75) is 124 Å². The van der Waals surface area contributed by atoms with Gasteiger partial charge in [0, 0.05) is 10.5 Å². The molecular formula is C20H40B4S2. The molecule has 26 heavy (non-hydrogen) atoms. The van der Waals surface area contributed by atoms with E-state index >= 15 is 0 Å². The van der Waals surface area contributed by atoms with Crippen molar-refractivity contribution in [1.29, 1.82) is 0 Å². The molecule has 144 valence electrons. The SMILES string of the molecule is BBC1CCCC2BSC3CCCCCCCCCC3SBC2CCC1. The largest absolute Gasteiger partial charge is 0.210 e. The van der Waals surface area contributed by atoms with E-state index < -0.39 is 0 Å². The standard InChI is InChI=1S/C20H40B4S2/c21-22-16-10-8-12-17-18(13-9-11-16)24-26-20-15-7-5-3-1-2-4-6-14-19(20)25-23-17/h16-20,22-24H,1-15,21H2. The molecular weight excluding hydrogens is 348 g/mol. The van der Waals surface area contributed by atoms with E-state index in [2.05, 4.69) is 31.0 Å². The summed E-state index contributed by atoms with van der Waals surface area (Å²) in [4.78, 5) is 0. The van der Waals surface area contributed by atoms with Crippen LogP contribution in [0.2, 0.25) is 17.5 Å². The van der Waals surface area contributed by atoms with Crippen LogP contribution in [-0.4, -0.2) is 38.5 Å². The second kappa shape index (κ2) is 12.5. The summed E-state index contributed by atoms with van der Waals surface area (Å²) >= 11 is 4.84. The normalized spacial score (nSPS) is 38.1. The minimum Gasteiger partial charge on any atom is -0.210 e. The second-order valence-corrected chi connectivity index (χ2v) is 12.0. The zero-order chi connectivity index (χ0) is 18.0. The minimum atomic E-state index is 0.968. The molecule has 3 rings (SSSR count). The Balaban J connectivity index is 1.59. The number of fused-ring (bicyclic) bond motifs is 2. The first-order valence-electron chi connectivity index (χ1n) is 12.1. The third-order valence-corrected chi connectivity index (χ3v) is 11.0. The van der Waals surface area contributed by atoms with Crippen molar-refractivity contribution in [3.8, 4) is 0 Å². The first-order chi connectivity index (χ1) is 12.9. The van der Waals surface area contributed by atoms with Crippen LogP contribution in [-0.2, 0) is 0 Å². The molecule has 0 aromatic carbocycles. The Bertz CT molecular complexity index is 353. The molecule has 2 aliphatic carbocycles. The van der Waals surface area contributed by atoms with Crippen LogP contribution >= 0.6 is 23.2 Å². The molecule has 0 aromatic rings. The van der Waals surface area contributed by atoms with E-state index in [1.165, 1.54) is 117 Å². The van der Waals surface area contributed by atoms with E-state index in [1.54, 1.807) is 0 Å². The molecule has 0 spiro atoms. The molecule has 0 radical (unpaired) electrons. The molecule has 1 saturated heterocycles. The highest BCUT2D eigenvalue weighted by Gasteiger charge is 2.32. The quantitative estimate of drug-likeness (QED) is 0.572. The molecule has 2 saturated carbocycles. The Morgan fingerprint density at radius 3 is 1.50 bits per heavy atom. The van der Waals surface area contributed by atoms with Gasteiger partial charge in [0.25, 0.3) is 0 Å². The summed E-state index contributed by atoms with van der Waals surface area (Å²) in [6.45, 7) is 2.98. The van der Waals surface area contributed by atoms with E-state index in [0.29, 0.717) is 0 Å². The smallest absolute Gasteiger partial charge is 0.194 e. The van der Waals surface area contributed by atoms with Gasteiger partial charge in [-0.05, 0) is 12.8 Å². The highest BCUT2D eigenvalue weighted by atomic mass is 32.2. The highest BCUT2D eigenvalue weighted by molar-refractivity contribution is 8.26. The summed E-state index contributed by atoms with van der Waals surface area (Å²) < 4.78 is 0. The van der Waals surface area contributed by atoms with Gasteiger partial charge in [0.2, 0.25) is 0 Å². The molecule has 3 aliphatic rings. The summed E-state index contributed by atoms with van der Waals surface area (Å²) in [5.41, 5.74) is 0. The number of hydrogen-bond donors (Lipinski definition) is 0. The Labute approximate surface area is 175 Å². The molecule has 3 fully saturated rings. The zero-order valence-corrected chi connectivity index (χ0v) is 19.1. The van der Waals surface area contributed by atoms with Crippen molar-refractivity contribution < 1.29 is 0 Å². The fourth-order valence-electron chi connectivity index (χ4n) is 5.62. The van der Waals surface area contributed by atoms with Crippen LogP contribution in [0.25, 0.3) is 0 Å². The van der Waals surface area contributed by atoms with Crippen molar-refractivity contribution in [1.82, 2.24) is 0 Å². The van der Waals surface area contributed by atoms with Gasteiger partial charge < -0.3 is 0 Å². The van der Waals surface area contributed by atoms with Crippen molar-refractivity contribution in [3.05, 3.63) is 0 Å². The maximum absolute atomic E-state index is 2.42. The molecule has 4 atom stereocenters. The zero-order valence-electron chi connectivity index (χ0n) is 17.4. The van der Waals surface area contributed by atoms with E-state index in [0.717, 1.165) is 28.0 Å². The molecule has 0 amide bonds. The fraction of sp³-hybridized carbons (Fsp3) is 1.00. The predicted octanol–water partition coefficient (Wildman–Crippen LogP) is 5.14. The summed E-state index contributed by atoms with van der Waals surface area (Å²) in [5, 5.41) is 1.94. The van der Waals surface area contributed by atoms with Gasteiger partial charge in [-0.25, -0.2) is 23.2 Å².